The summed E-state index contributed by atoms with van der Waals surface area (Å²) in [6.45, 7) is 3.97. The van der Waals surface area contributed by atoms with Crippen molar-refractivity contribution in [2.75, 3.05) is 19.8 Å². The van der Waals surface area contributed by atoms with Gasteiger partial charge < -0.3 is 14.3 Å². The van der Waals surface area contributed by atoms with Crippen LogP contribution in [0, 0.1) is 5.82 Å². The first kappa shape index (κ1) is 15.1. The number of likely N-dealkylation sites (N-methyl/N-ethyl adjacent to an activating group) is 1. The first-order valence-corrected chi connectivity index (χ1v) is 7.25. The zero-order valence-electron chi connectivity index (χ0n) is 12.3. The molecule has 1 fully saturated rings. The zero-order chi connectivity index (χ0) is 15.5. The zero-order valence-corrected chi connectivity index (χ0v) is 12.3. The second kappa shape index (κ2) is 6.51. The van der Waals surface area contributed by atoms with Gasteiger partial charge in [-0.15, -0.1) is 10.2 Å². The van der Waals surface area contributed by atoms with Crippen LogP contribution < -0.4 is 0 Å². The topological polar surface area (TPSA) is 71.6 Å². The van der Waals surface area contributed by atoms with Gasteiger partial charge >= 0.3 is 0 Å². The molecule has 2 atom stereocenters. The normalized spacial score (nSPS) is 21.6. The van der Waals surface area contributed by atoms with Crippen molar-refractivity contribution in [2.24, 2.45) is 0 Å². The predicted octanol–water partition coefficient (Wildman–Crippen LogP) is 1.46. The van der Waals surface area contributed by atoms with Crippen LogP contribution in [0.5, 0.6) is 0 Å². The van der Waals surface area contributed by atoms with Crippen molar-refractivity contribution >= 4 is 0 Å². The largest absolute Gasteiger partial charge is 0.419 e. The monoisotopic (exact) mass is 307 g/mol. The SMILES string of the molecule is CCN(Cc1nnc(-c2cccc(F)c2)o1)[C@@H]1COC[C@H]1O. The van der Waals surface area contributed by atoms with E-state index in [1.54, 1.807) is 12.1 Å². The third kappa shape index (κ3) is 3.16. The summed E-state index contributed by atoms with van der Waals surface area (Å²) >= 11 is 0. The van der Waals surface area contributed by atoms with Gasteiger partial charge in [0.15, 0.2) is 0 Å². The Kier molecular flexibility index (Phi) is 4.47. The van der Waals surface area contributed by atoms with Crippen molar-refractivity contribution < 1.29 is 18.7 Å². The summed E-state index contributed by atoms with van der Waals surface area (Å²) < 4.78 is 24.1. The maximum Gasteiger partial charge on any atom is 0.247 e. The lowest BCUT2D eigenvalue weighted by Crippen LogP contribution is -2.42. The fourth-order valence-corrected chi connectivity index (χ4v) is 2.57. The van der Waals surface area contributed by atoms with E-state index in [0.717, 1.165) is 6.54 Å². The van der Waals surface area contributed by atoms with Crippen LogP contribution in [0.15, 0.2) is 28.7 Å². The van der Waals surface area contributed by atoms with Gasteiger partial charge in [-0.2, -0.15) is 0 Å². The molecule has 1 saturated heterocycles. The van der Waals surface area contributed by atoms with Gasteiger partial charge in [-0.05, 0) is 24.7 Å². The molecule has 0 spiro atoms. The number of hydrogen-bond donors (Lipinski definition) is 1. The summed E-state index contributed by atoms with van der Waals surface area (Å²) in [6.07, 6.45) is -0.509. The molecular formula is C15H18FN3O3. The number of nitrogens with zero attached hydrogens (tertiary/aromatic N) is 3. The quantitative estimate of drug-likeness (QED) is 0.901. The van der Waals surface area contributed by atoms with Crippen molar-refractivity contribution in [2.45, 2.75) is 25.6 Å². The van der Waals surface area contributed by atoms with Gasteiger partial charge in [0.05, 0.1) is 31.9 Å². The molecule has 118 valence electrons. The Labute approximate surface area is 127 Å². The number of halogens is 1. The molecule has 1 aliphatic rings. The Balaban J connectivity index is 1.73. The van der Waals surface area contributed by atoms with E-state index in [4.69, 9.17) is 9.15 Å². The minimum atomic E-state index is -0.509. The number of aliphatic hydroxyl groups is 1. The van der Waals surface area contributed by atoms with Crippen LogP contribution in [0.4, 0.5) is 4.39 Å². The van der Waals surface area contributed by atoms with E-state index >= 15 is 0 Å². The van der Waals surface area contributed by atoms with Crippen molar-refractivity contribution in [3.8, 4) is 11.5 Å². The molecule has 6 nitrogen and oxygen atoms in total. The highest BCUT2D eigenvalue weighted by atomic mass is 19.1. The molecule has 0 unspecified atom stereocenters. The standard InChI is InChI=1S/C15H18FN3O3/c1-2-19(12-8-21-9-13(12)20)7-14-17-18-15(22-14)10-4-3-5-11(16)6-10/h3-6,12-13,20H,2,7-9H2,1H3/t12-,13-/m1/s1. The first-order valence-electron chi connectivity index (χ1n) is 7.25. The molecule has 0 radical (unpaired) electrons. The Morgan fingerprint density at radius 1 is 1.36 bits per heavy atom. The molecule has 0 saturated carbocycles. The number of ether oxygens (including phenoxy) is 1. The fourth-order valence-electron chi connectivity index (χ4n) is 2.57. The van der Waals surface area contributed by atoms with Crippen LogP contribution in [-0.4, -0.2) is 52.1 Å². The molecule has 7 heteroatoms. The van der Waals surface area contributed by atoms with Crippen molar-refractivity contribution in [3.63, 3.8) is 0 Å². The van der Waals surface area contributed by atoms with E-state index in [1.807, 2.05) is 11.8 Å². The Hall–Kier alpha value is -1.83. The van der Waals surface area contributed by atoms with Gasteiger partial charge in [0.1, 0.15) is 5.82 Å². The highest BCUT2D eigenvalue weighted by molar-refractivity contribution is 5.52. The van der Waals surface area contributed by atoms with Crippen molar-refractivity contribution in [3.05, 3.63) is 36.0 Å². The third-order valence-corrected chi connectivity index (χ3v) is 3.77. The maximum absolute atomic E-state index is 13.2. The summed E-state index contributed by atoms with van der Waals surface area (Å²) in [5.74, 6) is 0.368. The van der Waals surface area contributed by atoms with E-state index in [-0.39, 0.29) is 17.7 Å². The molecule has 2 heterocycles. The van der Waals surface area contributed by atoms with E-state index < -0.39 is 6.10 Å². The molecular weight excluding hydrogens is 289 g/mol. The fraction of sp³-hybridized carbons (Fsp3) is 0.467. The number of hydrogen-bond acceptors (Lipinski definition) is 6. The lowest BCUT2D eigenvalue weighted by Gasteiger charge is -2.26. The molecule has 1 N–H and O–H groups in total. The molecule has 3 rings (SSSR count). The molecule has 2 aromatic rings. The Bertz CT molecular complexity index is 634. The Morgan fingerprint density at radius 2 is 2.23 bits per heavy atom. The van der Waals surface area contributed by atoms with Gasteiger partial charge in [0.25, 0.3) is 0 Å². The molecule has 22 heavy (non-hydrogen) atoms. The molecule has 0 aliphatic carbocycles. The van der Waals surface area contributed by atoms with E-state index in [0.29, 0.717) is 31.2 Å². The lowest BCUT2D eigenvalue weighted by atomic mass is 10.2. The van der Waals surface area contributed by atoms with Crippen LogP contribution >= 0.6 is 0 Å². The molecule has 0 amide bonds. The average Bonchev–Trinajstić information content (AvgIpc) is 3.14. The minimum absolute atomic E-state index is 0.0745. The smallest absolute Gasteiger partial charge is 0.247 e. The van der Waals surface area contributed by atoms with Crippen LogP contribution in [0.3, 0.4) is 0 Å². The first-order chi connectivity index (χ1) is 10.7. The van der Waals surface area contributed by atoms with Crippen molar-refractivity contribution in [1.82, 2.24) is 15.1 Å². The highest BCUT2D eigenvalue weighted by Crippen LogP contribution is 2.21. The molecule has 1 aliphatic heterocycles. The van der Waals surface area contributed by atoms with Gasteiger partial charge in [0.2, 0.25) is 11.8 Å². The summed E-state index contributed by atoms with van der Waals surface area (Å²) in [7, 11) is 0. The molecule has 0 bridgehead atoms. The summed E-state index contributed by atoms with van der Waals surface area (Å²) in [5, 5.41) is 17.9. The highest BCUT2D eigenvalue weighted by Gasteiger charge is 2.31. The number of benzene rings is 1. The molecule has 1 aromatic heterocycles. The van der Waals surface area contributed by atoms with Gasteiger partial charge in [0, 0.05) is 5.56 Å². The lowest BCUT2D eigenvalue weighted by molar-refractivity contribution is 0.0759. The van der Waals surface area contributed by atoms with Gasteiger partial charge in [-0.1, -0.05) is 13.0 Å². The van der Waals surface area contributed by atoms with Crippen LogP contribution in [0.1, 0.15) is 12.8 Å². The van der Waals surface area contributed by atoms with E-state index in [2.05, 4.69) is 10.2 Å². The molecule has 1 aromatic carbocycles. The number of aliphatic hydroxyl groups excluding tert-OH is 1. The third-order valence-electron chi connectivity index (χ3n) is 3.77. The van der Waals surface area contributed by atoms with Crippen LogP contribution in [-0.2, 0) is 11.3 Å². The maximum atomic E-state index is 13.2. The summed E-state index contributed by atoms with van der Waals surface area (Å²) in [4.78, 5) is 2.03. The predicted molar refractivity (Wildman–Crippen MR) is 76.4 cm³/mol. The van der Waals surface area contributed by atoms with Crippen LogP contribution in [0.25, 0.3) is 11.5 Å². The van der Waals surface area contributed by atoms with Gasteiger partial charge in [-0.25, -0.2) is 4.39 Å². The Morgan fingerprint density at radius 3 is 2.91 bits per heavy atom. The minimum Gasteiger partial charge on any atom is -0.419 e. The van der Waals surface area contributed by atoms with E-state index in [1.165, 1.54) is 12.1 Å². The van der Waals surface area contributed by atoms with Crippen LogP contribution in [0.2, 0.25) is 0 Å². The second-order valence-corrected chi connectivity index (χ2v) is 5.25. The van der Waals surface area contributed by atoms with Crippen molar-refractivity contribution in [1.29, 1.82) is 0 Å². The summed E-state index contributed by atoms with van der Waals surface area (Å²) in [6, 6.07) is 5.95. The number of rotatable bonds is 5. The van der Waals surface area contributed by atoms with Gasteiger partial charge in [-0.3, -0.25) is 4.90 Å². The van der Waals surface area contributed by atoms with E-state index in [9.17, 15) is 9.50 Å². The average molecular weight is 307 g/mol. The second-order valence-electron chi connectivity index (χ2n) is 5.25. The number of aromatic nitrogens is 2. The summed E-state index contributed by atoms with van der Waals surface area (Å²) in [5.41, 5.74) is 0.547.